The highest BCUT2D eigenvalue weighted by atomic mass is 16.2. The van der Waals surface area contributed by atoms with Gasteiger partial charge in [0.2, 0.25) is 5.91 Å². The number of rotatable bonds is 3. The molecule has 0 bridgehead atoms. The van der Waals surface area contributed by atoms with Gasteiger partial charge in [-0.2, -0.15) is 0 Å². The summed E-state index contributed by atoms with van der Waals surface area (Å²) in [5, 5.41) is 3.68. The number of hydrogen-bond acceptors (Lipinski definition) is 3. The number of fused-ring (bicyclic) bond motifs is 1. The van der Waals surface area contributed by atoms with Gasteiger partial charge in [0.25, 0.3) is 5.91 Å². The topological polar surface area (TPSA) is 78.1 Å². The summed E-state index contributed by atoms with van der Waals surface area (Å²) >= 11 is 0. The van der Waals surface area contributed by atoms with Crippen LogP contribution < -0.4 is 5.32 Å². The quantitative estimate of drug-likeness (QED) is 0.777. The molecule has 4 rings (SSSR count). The van der Waals surface area contributed by atoms with Gasteiger partial charge in [0.15, 0.2) is 0 Å². The van der Waals surface area contributed by atoms with Crippen LogP contribution in [0.15, 0.2) is 54.9 Å². The van der Waals surface area contributed by atoms with Crippen LogP contribution in [-0.2, 0) is 4.79 Å². The van der Waals surface area contributed by atoms with E-state index in [1.165, 1.54) is 0 Å². The Labute approximate surface area is 138 Å². The Morgan fingerprint density at radius 3 is 2.71 bits per heavy atom. The second kappa shape index (κ2) is 5.81. The normalized spacial score (nSPS) is 14.4. The first-order chi connectivity index (χ1) is 11.7. The van der Waals surface area contributed by atoms with Gasteiger partial charge in [-0.05, 0) is 18.2 Å². The lowest BCUT2D eigenvalue weighted by molar-refractivity contribution is -0.123. The number of para-hydroxylation sites is 1. The first-order valence-electron chi connectivity index (χ1n) is 7.79. The molecular formula is C18H16N4O2. The molecule has 6 nitrogen and oxygen atoms in total. The molecule has 6 heteroatoms. The van der Waals surface area contributed by atoms with E-state index in [1.807, 2.05) is 30.3 Å². The predicted octanol–water partition coefficient (Wildman–Crippen LogP) is 2.27. The van der Waals surface area contributed by atoms with Gasteiger partial charge in [-0.1, -0.05) is 24.3 Å². The fourth-order valence-corrected chi connectivity index (χ4v) is 2.89. The Bertz CT molecular complexity index is 898. The van der Waals surface area contributed by atoms with Crippen LogP contribution in [0.4, 0.5) is 5.82 Å². The molecule has 0 radical (unpaired) electrons. The van der Waals surface area contributed by atoms with Crippen LogP contribution in [0, 0.1) is 5.92 Å². The van der Waals surface area contributed by atoms with Crippen molar-refractivity contribution in [3.63, 3.8) is 0 Å². The summed E-state index contributed by atoms with van der Waals surface area (Å²) in [5.41, 5.74) is 1.58. The molecule has 0 aliphatic carbocycles. The lowest BCUT2D eigenvalue weighted by Gasteiger charge is -2.38. The fourth-order valence-electron chi connectivity index (χ4n) is 2.89. The molecular weight excluding hydrogens is 304 g/mol. The third-order valence-electron chi connectivity index (χ3n) is 4.28. The van der Waals surface area contributed by atoms with Crippen molar-refractivity contribution in [3.05, 3.63) is 60.4 Å². The molecule has 2 aromatic heterocycles. The molecule has 0 saturated carbocycles. The summed E-state index contributed by atoms with van der Waals surface area (Å²) in [6, 6.07) is 13.0. The van der Waals surface area contributed by atoms with Gasteiger partial charge in [0.1, 0.15) is 5.82 Å². The van der Waals surface area contributed by atoms with Crippen molar-refractivity contribution in [2.24, 2.45) is 5.92 Å². The zero-order chi connectivity index (χ0) is 16.5. The van der Waals surface area contributed by atoms with E-state index < -0.39 is 0 Å². The molecule has 1 aliphatic heterocycles. The lowest BCUT2D eigenvalue weighted by atomic mass is 9.97. The lowest BCUT2D eigenvalue weighted by Crippen LogP contribution is -2.54. The van der Waals surface area contributed by atoms with Gasteiger partial charge in [-0.25, -0.2) is 4.98 Å². The van der Waals surface area contributed by atoms with E-state index in [9.17, 15) is 9.59 Å². The number of benzene rings is 1. The molecule has 3 aromatic rings. The number of hydrogen-bond donors (Lipinski definition) is 2. The first-order valence-corrected chi connectivity index (χ1v) is 7.79. The van der Waals surface area contributed by atoms with Crippen molar-refractivity contribution in [3.8, 4) is 0 Å². The Balaban J connectivity index is 1.40. The van der Waals surface area contributed by atoms with Crippen LogP contribution >= 0.6 is 0 Å². The zero-order valence-corrected chi connectivity index (χ0v) is 12.9. The summed E-state index contributed by atoms with van der Waals surface area (Å²) in [5.74, 6) is 0.191. The molecule has 1 saturated heterocycles. The molecule has 0 atom stereocenters. The van der Waals surface area contributed by atoms with Crippen LogP contribution in [0.3, 0.4) is 0 Å². The maximum absolute atomic E-state index is 12.6. The van der Waals surface area contributed by atoms with Gasteiger partial charge in [0, 0.05) is 36.4 Å². The number of amides is 2. The number of carbonyl (C=O) groups excluding carboxylic acids is 2. The highest BCUT2D eigenvalue weighted by Gasteiger charge is 2.36. The maximum Gasteiger partial charge on any atom is 0.256 e. The van der Waals surface area contributed by atoms with Gasteiger partial charge in [0.05, 0.1) is 11.5 Å². The Morgan fingerprint density at radius 2 is 1.92 bits per heavy atom. The molecule has 120 valence electrons. The van der Waals surface area contributed by atoms with Crippen molar-refractivity contribution in [1.29, 1.82) is 0 Å². The minimum absolute atomic E-state index is 0.0469. The van der Waals surface area contributed by atoms with Crippen molar-refractivity contribution >= 4 is 28.5 Å². The highest BCUT2D eigenvalue weighted by Crippen LogP contribution is 2.24. The van der Waals surface area contributed by atoms with Crippen LogP contribution in [0.1, 0.15) is 10.4 Å². The second-order valence-electron chi connectivity index (χ2n) is 5.86. The molecule has 2 amide bonds. The van der Waals surface area contributed by atoms with Gasteiger partial charge < -0.3 is 15.2 Å². The van der Waals surface area contributed by atoms with E-state index in [2.05, 4.69) is 15.3 Å². The van der Waals surface area contributed by atoms with E-state index in [-0.39, 0.29) is 17.7 Å². The highest BCUT2D eigenvalue weighted by molar-refractivity contribution is 6.07. The number of carbonyl (C=O) groups is 2. The SMILES string of the molecule is O=C(Nc1ccccn1)C1CN(C(=O)c2c[nH]c3ccccc23)C1. The molecule has 3 heterocycles. The van der Waals surface area contributed by atoms with Crippen LogP contribution in [0.2, 0.25) is 0 Å². The number of anilines is 1. The molecule has 2 N–H and O–H groups in total. The zero-order valence-electron chi connectivity index (χ0n) is 12.9. The number of likely N-dealkylation sites (tertiary alicyclic amines) is 1. The summed E-state index contributed by atoms with van der Waals surface area (Å²) < 4.78 is 0. The summed E-state index contributed by atoms with van der Waals surface area (Å²) in [7, 11) is 0. The van der Waals surface area contributed by atoms with Gasteiger partial charge in [-0.15, -0.1) is 0 Å². The third kappa shape index (κ3) is 2.52. The van der Waals surface area contributed by atoms with Crippen LogP contribution in [-0.4, -0.2) is 39.8 Å². The molecule has 0 spiro atoms. The monoisotopic (exact) mass is 320 g/mol. The number of H-pyrrole nitrogens is 1. The van der Waals surface area contributed by atoms with E-state index in [0.29, 0.717) is 24.5 Å². The summed E-state index contributed by atoms with van der Waals surface area (Å²) in [6.45, 7) is 0.855. The largest absolute Gasteiger partial charge is 0.360 e. The van der Waals surface area contributed by atoms with Crippen LogP contribution in [0.5, 0.6) is 0 Å². The minimum atomic E-state index is -0.193. The molecule has 1 aliphatic rings. The average Bonchev–Trinajstić information content (AvgIpc) is 2.98. The summed E-state index contributed by atoms with van der Waals surface area (Å²) in [4.78, 5) is 33.6. The number of pyridine rings is 1. The minimum Gasteiger partial charge on any atom is -0.360 e. The van der Waals surface area contributed by atoms with Crippen molar-refractivity contribution in [2.45, 2.75) is 0 Å². The molecule has 24 heavy (non-hydrogen) atoms. The van der Waals surface area contributed by atoms with Crippen molar-refractivity contribution < 1.29 is 9.59 Å². The number of nitrogens with one attached hydrogen (secondary N) is 2. The van der Waals surface area contributed by atoms with Gasteiger partial charge in [-0.3, -0.25) is 9.59 Å². The van der Waals surface area contributed by atoms with Crippen molar-refractivity contribution in [1.82, 2.24) is 14.9 Å². The standard InChI is InChI=1S/C18H16N4O2/c23-17(21-16-7-3-4-8-19-16)12-10-22(11-12)18(24)14-9-20-15-6-2-1-5-13(14)15/h1-9,12,20H,10-11H2,(H,19,21,23). The second-order valence-corrected chi connectivity index (χ2v) is 5.86. The smallest absolute Gasteiger partial charge is 0.256 e. The molecule has 1 fully saturated rings. The Kier molecular flexibility index (Phi) is 3.49. The maximum atomic E-state index is 12.6. The predicted molar refractivity (Wildman–Crippen MR) is 90.6 cm³/mol. The fraction of sp³-hybridized carbons (Fsp3) is 0.167. The third-order valence-corrected chi connectivity index (χ3v) is 4.28. The summed E-state index contributed by atoms with van der Waals surface area (Å²) in [6.07, 6.45) is 3.36. The Morgan fingerprint density at radius 1 is 1.12 bits per heavy atom. The van der Waals surface area contributed by atoms with Crippen molar-refractivity contribution in [2.75, 3.05) is 18.4 Å². The van der Waals surface area contributed by atoms with Gasteiger partial charge >= 0.3 is 0 Å². The first kappa shape index (κ1) is 14.4. The van der Waals surface area contributed by atoms with E-state index >= 15 is 0 Å². The number of nitrogens with zero attached hydrogens (tertiary/aromatic N) is 2. The molecule has 0 unspecified atom stereocenters. The van der Waals surface area contributed by atoms with Crippen LogP contribution in [0.25, 0.3) is 10.9 Å². The van der Waals surface area contributed by atoms with E-state index in [0.717, 1.165) is 10.9 Å². The number of aromatic amines is 1. The average molecular weight is 320 g/mol. The number of aromatic nitrogens is 2. The van der Waals surface area contributed by atoms with E-state index in [1.54, 1.807) is 29.4 Å². The van der Waals surface area contributed by atoms with E-state index in [4.69, 9.17) is 0 Å². The Hall–Kier alpha value is -3.15. The molecule has 1 aromatic carbocycles.